The van der Waals surface area contributed by atoms with Crippen LogP contribution in [0.3, 0.4) is 0 Å². The molecule has 0 atom stereocenters. The molecule has 1 amide bonds. The fourth-order valence-corrected chi connectivity index (χ4v) is 4.53. The first kappa shape index (κ1) is 23.8. The van der Waals surface area contributed by atoms with Gasteiger partial charge in [-0.1, -0.05) is 46.2 Å². The van der Waals surface area contributed by atoms with Gasteiger partial charge in [-0.3, -0.25) is 4.79 Å². The maximum atomic E-state index is 12.4. The topological polar surface area (TPSA) is 78.5 Å². The molecular formula is C22H37N3O3S. The molecule has 1 fully saturated rings. The number of piperidine rings is 1. The third-order valence-electron chi connectivity index (χ3n) is 5.46. The van der Waals surface area contributed by atoms with E-state index in [0.29, 0.717) is 0 Å². The summed E-state index contributed by atoms with van der Waals surface area (Å²) in [7, 11) is -3.60. The number of unbranched alkanes of at least 4 members (excludes halogenated alkanes) is 1. The third-order valence-corrected chi connectivity index (χ3v) is 6.93. The Morgan fingerprint density at radius 2 is 1.76 bits per heavy atom. The molecule has 1 aromatic carbocycles. The van der Waals surface area contributed by atoms with Crippen molar-refractivity contribution in [2.24, 2.45) is 0 Å². The van der Waals surface area contributed by atoms with Gasteiger partial charge in [0, 0.05) is 32.1 Å². The smallest absolute Gasteiger partial charge is 0.240 e. The number of nitrogens with one attached hydrogen (secondary N) is 2. The van der Waals surface area contributed by atoms with Crippen LogP contribution in [-0.2, 0) is 20.2 Å². The number of benzene rings is 1. The summed E-state index contributed by atoms with van der Waals surface area (Å²) in [4.78, 5) is 14.9. The molecular weight excluding hydrogens is 386 g/mol. The fourth-order valence-electron chi connectivity index (χ4n) is 3.50. The predicted octanol–water partition coefficient (Wildman–Crippen LogP) is 3.03. The summed E-state index contributed by atoms with van der Waals surface area (Å²) in [6, 6.07) is 7.12. The standard InChI is InChI=1S/C22H37N3O3S/c1-5-6-15-25-16-12-19(13-17-25)24-21(26)11-14-23-29(27,28)20-9-7-18(8-10-20)22(2,3)4/h7-10,19,23H,5-6,11-17H2,1-4H3,(H,24,26). The predicted molar refractivity (Wildman–Crippen MR) is 117 cm³/mol. The molecule has 1 aromatic rings. The van der Waals surface area contributed by atoms with Gasteiger partial charge in [0.1, 0.15) is 0 Å². The van der Waals surface area contributed by atoms with E-state index in [9.17, 15) is 13.2 Å². The maximum Gasteiger partial charge on any atom is 0.240 e. The minimum atomic E-state index is -3.60. The van der Waals surface area contributed by atoms with E-state index in [1.807, 2.05) is 12.1 Å². The lowest BCUT2D eigenvalue weighted by Gasteiger charge is -2.32. The molecule has 1 saturated heterocycles. The quantitative estimate of drug-likeness (QED) is 0.640. The van der Waals surface area contributed by atoms with E-state index >= 15 is 0 Å². The van der Waals surface area contributed by atoms with Crippen LogP contribution in [0.25, 0.3) is 0 Å². The highest BCUT2D eigenvalue weighted by Crippen LogP contribution is 2.23. The van der Waals surface area contributed by atoms with E-state index in [4.69, 9.17) is 0 Å². The second kappa shape index (κ2) is 10.5. The summed E-state index contributed by atoms with van der Waals surface area (Å²) >= 11 is 0. The van der Waals surface area contributed by atoms with Crippen molar-refractivity contribution in [1.82, 2.24) is 14.9 Å². The van der Waals surface area contributed by atoms with Crippen molar-refractivity contribution in [3.63, 3.8) is 0 Å². The van der Waals surface area contributed by atoms with Crippen molar-refractivity contribution in [2.45, 2.75) is 76.2 Å². The van der Waals surface area contributed by atoms with Crippen LogP contribution in [0.2, 0.25) is 0 Å². The number of sulfonamides is 1. The Morgan fingerprint density at radius 1 is 1.14 bits per heavy atom. The number of rotatable bonds is 9. The van der Waals surface area contributed by atoms with Crippen molar-refractivity contribution < 1.29 is 13.2 Å². The first-order valence-electron chi connectivity index (χ1n) is 10.7. The van der Waals surface area contributed by atoms with Gasteiger partial charge in [0.15, 0.2) is 0 Å². The molecule has 7 heteroatoms. The molecule has 2 rings (SSSR count). The van der Waals surface area contributed by atoms with Crippen LogP contribution >= 0.6 is 0 Å². The average Bonchev–Trinajstić information content (AvgIpc) is 2.67. The van der Waals surface area contributed by atoms with Crippen molar-refractivity contribution in [3.05, 3.63) is 29.8 Å². The molecule has 1 heterocycles. The number of carbonyl (C=O) groups is 1. The Hall–Kier alpha value is -1.44. The van der Waals surface area contributed by atoms with E-state index in [1.54, 1.807) is 12.1 Å². The van der Waals surface area contributed by atoms with Crippen molar-refractivity contribution in [3.8, 4) is 0 Å². The first-order valence-corrected chi connectivity index (χ1v) is 12.2. The summed E-state index contributed by atoms with van der Waals surface area (Å²) in [6.45, 7) is 11.7. The van der Waals surface area contributed by atoms with E-state index < -0.39 is 10.0 Å². The minimum Gasteiger partial charge on any atom is -0.353 e. The van der Waals surface area contributed by atoms with Crippen LogP contribution in [0.1, 0.15) is 65.4 Å². The molecule has 0 aromatic heterocycles. The molecule has 6 nitrogen and oxygen atoms in total. The molecule has 1 aliphatic rings. The van der Waals surface area contributed by atoms with Gasteiger partial charge in [0.25, 0.3) is 0 Å². The highest BCUT2D eigenvalue weighted by atomic mass is 32.2. The normalized spacial score (nSPS) is 16.7. The van der Waals surface area contributed by atoms with E-state index in [-0.39, 0.29) is 35.2 Å². The third kappa shape index (κ3) is 7.72. The molecule has 0 spiro atoms. The molecule has 0 aliphatic carbocycles. The van der Waals surface area contributed by atoms with Gasteiger partial charge in [0.2, 0.25) is 15.9 Å². The fraction of sp³-hybridized carbons (Fsp3) is 0.682. The van der Waals surface area contributed by atoms with Gasteiger partial charge in [-0.15, -0.1) is 0 Å². The highest BCUT2D eigenvalue weighted by molar-refractivity contribution is 7.89. The van der Waals surface area contributed by atoms with Crippen LogP contribution in [0.5, 0.6) is 0 Å². The largest absolute Gasteiger partial charge is 0.353 e. The Bertz CT molecular complexity index is 747. The molecule has 0 radical (unpaired) electrons. The second-order valence-corrected chi connectivity index (χ2v) is 10.7. The zero-order valence-electron chi connectivity index (χ0n) is 18.3. The second-order valence-electron chi connectivity index (χ2n) is 8.96. The molecule has 0 unspecified atom stereocenters. The number of amides is 1. The number of carbonyl (C=O) groups excluding carboxylic acids is 1. The molecule has 2 N–H and O–H groups in total. The number of hydrogen-bond acceptors (Lipinski definition) is 4. The SMILES string of the molecule is CCCCN1CCC(NC(=O)CCNS(=O)(=O)c2ccc(C(C)(C)C)cc2)CC1. The number of hydrogen-bond donors (Lipinski definition) is 2. The lowest BCUT2D eigenvalue weighted by Crippen LogP contribution is -2.45. The van der Waals surface area contributed by atoms with Gasteiger partial charge in [-0.05, 0) is 48.9 Å². The van der Waals surface area contributed by atoms with Crippen molar-refractivity contribution >= 4 is 15.9 Å². The number of nitrogens with zero attached hydrogens (tertiary/aromatic N) is 1. The van der Waals surface area contributed by atoms with E-state index in [0.717, 1.165) is 38.0 Å². The van der Waals surface area contributed by atoms with Gasteiger partial charge in [-0.2, -0.15) is 0 Å². The zero-order valence-corrected chi connectivity index (χ0v) is 19.1. The van der Waals surface area contributed by atoms with Crippen LogP contribution < -0.4 is 10.0 Å². The molecule has 1 aliphatic heterocycles. The number of likely N-dealkylation sites (tertiary alicyclic amines) is 1. The van der Waals surface area contributed by atoms with Crippen LogP contribution in [0.15, 0.2) is 29.2 Å². The van der Waals surface area contributed by atoms with Gasteiger partial charge < -0.3 is 10.2 Å². The van der Waals surface area contributed by atoms with E-state index in [2.05, 4.69) is 42.6 Å². The van der Waals surface area contributed by atoms with Crippen molar-refractivity contribution in [1.29, 1.82) is 0 Å². The summed E-state index contributed by atoms with van der Waals surface area (Å²) < 4.78 is 27.4. The average molecular weight is 424 g/mol. The molecule has 164 valence electrons. The summed E-state index contributed by atoms with van der Waals surface area (Å²) in [5.74, 6) is -0.0946. The summed E-state index contributed by atoms with van der Waals surface area (Å²) in [5, 5.41) is 3.05. The summed E-state index contributed by atoms with van der Waals surface area (Å²) in [5.41, 5.74) is 1.05. The lowest BCUT2D eigenvalue weighted by molar-refractivity contribution is -0.121. The Labute approximate surface area is 176 Å². The van der Waals surface area contributed by atoms with Gasteiger partial charge in [0.05, 0.1) is 4.90 Å². The van der Waals surface area contributed by atoms with Crippen molar-refractivity contribution in [2.75, 3.05) is 26.2 Å². The minimum absolute atomic E-state index is 0.0278. The molecule has 0 saturated carbocycles. The molecule has 29 heavy (non-hydrogen) atoms. The van der Waals surface area contributed by atoms with E-state index in [1.165, 1.54) is 12.8 Å². The van der Waals surface area contributed by atoms with Crippen LogP contribution in [-0.4, -0.2) is 51.4 Å². The lowest BCUT2D eigenvalue weighted by atomic mass is 9.87. The Morgan fingerprint density at radius 3 is 2.31 bits per heavy atom. The maximum absolute atomic E-state index is 12.4. The highest BCUT2D eigenvalue weighted by Gasteiger charge is 2.21. The van der Waals surface area contributed by atoms with Crippen LogP contribution in [0, 0.1) is 0 Å². The molecule has 0 bridgehead atoms. The monoisotopic (exact) mass is 423 g/mol. The summed E-state index contributed by atoms with van der Waals surface area (Å²) in [6.07, 6.45) is 4.49. The first-order chi connectivity index (χ1) is 13.6. The van der Waals surface area contributed by atoms with Gasteiger partial charge >= 0.3 is 0 Å². The van der Waals surface area contributed by atoms with Crippen LogP contribution in [0.4, 0.5) is 0 Å². The zero-order chi connectivity index (χ0) is 21.5. The Balaban J connectivity index is 1.74. The Kier molecular flexibility index (Phi) is 8.67. The van der Waals surface area contributed by atoms with Gasteiger partial charge in [-0.25, -0.2) is 13.1 Å².